The Morgan fingerprint density at radius 2 is 2.00 bits per heavy atom. The van der Waals surface area contributed by atoms with E-state index < -0.39 is 12.7 Å². The second-order valence-corrected chi connectivity index (χ2v) is 5.52. The number of pyridine rings is 1. The number of halogens is 3. The fourth-order valence-corrected chi connectivity index (χ4v) is 2.81. The van der Waals surface area contributed by atoms with Crippen molar-refractivity contribution in [1.82, 2.24) is 14.8 Å². The number of para-hydroxylation sites is 1. The minimum atomic E-state index is -4.43. The Labute approximate surface area is 139 Å². The van der Waals surface area contributed by atoms with Crippen LogP contribution in [0.15, 0.2) is 47.2 Å². The first-order valence-electron chi connectivity index (χ1n) is 7.33. The molecule has 25 heavy (non-hydrogen) atoms. The fourth-order valence-electron chi connectivity index (χ4n) is 2.81. The number of aromatic nitrogens is 3. The van der Waals surface area contributed by atoms with Gasteiger partial charge < -0.3 is 9.52 Å². The van der Waals surface area contributed by atoms with Crippen LogP contribution in [0.5, 0.6) is 0 Å². The summed E-state index contributed by atoms with van der Waals surface area (Å²) >= 11 is 0. The zero-order chi connectivity index (χ0) is 17.6. The van der Waals surface area contributed by atoms with E-state index in [0.29, 0.717) is 22.2 Å². The average Bonchev–Trinajstić information content (AvgIpc) is 3.14. The lowest BCUT2D eigenvalue weighted by molar-refractivity contribution is -0.141. The van der Waals surface area contributed by atoms with Gasteiger partial charge in [-0.05, 0) is 12.1 Å². The number of rotatable bonds is 3. The topological polar surface area (TPSA) is 64.1 Å². The number of nitrogens with zero attached hydrogens (tertiary/aromatic N) is 3. The third-order valence-electron chi connectivity index (χ3n) is 3.85. The molecule has 3 heterocycles. The van der Waals surface area contributed by atoms with Gasteiger partial charge in [-0.25, -0.2) is 0 Å². The van der Waals surface area contributed by atoms with Crippen molar-refractivity contribution in [2.75, 3.05) is 0 Å². The first-order chi connectivity index (χ1) is 12.0. The summed E-state index contributed by atoms with van der Waals surface area (Å²) in [5, 5.41) is 14.4. The summed E-state index contributed by atoms with van der Waals surface area (Å²) in [6.45, 7) is -0.508. The van der Waals surface area contributed by atoms with Crippen LogP contribution in [0.4, 0.5) is 13.2 Å². The summed E-state index contributed by atoms with van der Waals surface area (Å²) < 4.78 is 45.0. The molecule has 127 valence electrons. The van der Waals surface area contributed by atoms with E-state index in [1.165, 1.54) is 18.5 Å². The van der Waals surface area contributed by atoms with Gasteiger partial charge in [0.05, 0.1) is 11.2 Å². The number of alkyl halides is 3. The lowest BCUT2D eigenvalue weighted by Crippen LogP contribution is -2.18. The first kappa shape index (κ1) is 15.6. The molecular weight excluding hydrogens is 335 g/mol. The molecule has 0 saturated heterocycles. The van der Waals surface area contributed by atoms with E-state index in [4.69, 9.17) is 9.52 Å². The predicted molar refractivity (Wildman–Crippen MR) is 84.1 cm³/mol. The Morgan fingerprint density at radius 1 is 1.20 bits per heavy atom. The predicted octanol–water partition coefficient (Wildman–Crippen LogP) is 4.29. The highest BCUT2D eigenvalue weighted by molar-refractivity contribution is 6.02. The summed E-state index contributed by atoms with van der Waals surface area (Å²) in [4.78, 5) is 4.02. The smallest absolute Gasteiger partial charge is 0.408 e. The third-order valence-corrected chi connectivity index (χ3v) is 3.85. The molecule has 5 nitrogen and oxygen atoms in total. The third kappa shape index (κ3) is 2.74. The Balaban J connectivity index is 1.98. The molecule has 4 aromatic rings. The molecule has 0 aliphatic carbocycles. The molecule has 0 saturated carbocycles. The molecule has 0 spiro atoms. The molecule has 0 bridgehead atoms. The fraction of sp³-hybridized carbons (Fsp3) is 0.118. The van der Waals surface area contributed by atoms with E-state index in [1.807, 2.05) is 12.1 Å². The number of aliphatic hydroxyl groups is 1. The van der Waals surface area contributed by atoms with Crippen molar-refractivity contribution >= 4 is 21.9 Å². The molecule has 4 rings (SSSR count). The van der Waals surface area contributed by atoms with Gasteiger partial charge in [-0.1, -0.05) is 18.2 Å². The monoisotopic (exact) mass is 346 g/mol. The molecule has 1 aromatic carbocycles. The van der Waals surface area contributed by atoms with Gasteiger partial charge in [0, 0.05) is 22.5 Å². The average molecular weight is 346 g/mol. The highest BCUT2D eigenvalue weighted by Crippen LogP contribution is 2.35. The lowest BCUT2D eigenvalue weighted by Gasteiger charge is -2.07. The molecule has 1 N–H and O–H groups in total. The highest BCUT2D eigenvalue weighted by atomic mass is 19.4. The van der Waals surface area contributed by atoms with Crippen molar-refractivity contribution in [3.63, 3.8) is 0 Å². The van der Waals surface area contributed by atoms with Crippen LogP contribution >= 0.6 is 0 Å². The largest absolute Gasteiger partial charge is 0.464 e. The number of furan rings is 1. The minimum absolute atomic E-state index is 0.152. The lowest BCUT2D eigenvalue weighted by atomic mass is 10.1. The molecule has 1 radical (unpaired) electrons. The molecular formula is C17H11F3N3O2. The number of hydrogen-bond donors (Lipinski definition) is 1. The molecule has 0 unspecified atom stereocenters. The van der Waals surface area contributed by atoms with Gasteiger partial charge in [0.2, 0.25) is 0 Å². The van der Waals surface area contributed by atoms with Crippen LogP contribution in [0, 0.1) is 6.61 Å². The summed E-state index contributed by atoms with van der Waals surface area (Å²) in [6.07, 6.45) is -1.56. The maximum absolute atomic E-state index is 12.9. The van der Waals surface area contributed by atoms with Crippen molar-refractivity contribution in [3.8, 4) is 11.3 Å². The van der Waals surface area contributed by atoms with Crippen LogP contribution in [-0.2, 0) is 6.54 Å². The second kappa shape index (κ2) is 5.59. The second-order valence-electron chi connectivity index (χ2n) is 5.52. The molecule has 0 aliphatic heterocycles. The normalized spacial score (nSPS) is 12.3. The van der Waals surface area contributed by atoms with Crippen LogP contribution in [0.3, 0.4) is 0 Å². The van der Waals surface area contributed by atoms with Crippen LogP contribution in [0.25, 0.3) is 33.1 Å². The molecule has 3 aromatic heterocycles. The van der Waals surface area contributed by atoms with E-state index in [2.05, 4.69) is 10.1 Å². The van der Waals surface area contributed by atoms with Crippen molar-refractivity contribution in [3.05, 3.63) is 55.1 Å². The number of hydrogen-bond acceptors (Lipinski definition) is 4. The van der Waals surface area contributed by atoms with Gasteiger partial charge >= 0.3 is 6.18 Å². The minimum Gasteiger partial charge on any atom is -0.464 e. The van der Waals surface area contributed by atoms with Gasteiger partial charge in [-0.3, -0.25) is 9.67 Å². The van der Waals surface area contributed by atoms with E-state index >= 15 is 0 Å². The zero-order valence-corrected chi connectivity index (χ0v) is 12.7. The van der Waals surface area contributed by atoms with Crippen molar-refractivity contribution < 1.29 is 22.7 Å². The summed E-state index contributed by atoms with van der Waals surface area (Å²) in [5.41, 5.74) is 1.93. The molecule has 8 heteroatoms. The van der Waals surface area contributed by atoms with Crippen LogP contribution in [-0.4, -0.2) is 26.0 Å². The van der Waals surface area contributed by atoms with Crippen molar-refractivity contribution in [1.29, 1.82) is 0 Å². The number of benzene rings is 1. The maximum Gasteiger partial charge on any atom is 0.408 e. The summed E-state index contributed by atoms with van der Waals surface area (Å²) in [6, 6.07) is 8.56. The first-order valence-corrected chi connectivity index (χ1v) is 7.33. The van der Waals surface area contributed by atoms with Gasteiger partial charge in [0.25, 0.3) is 0 Å². The van der Waals surface area contributed by atoms with Crippen LogP contribution in [0.1, 0.15) is 5.69 Å². The number of fused-ring (bicyclic) bond motifs is 2. The standard InChI is InChI=1S/C17H11F3N3O2/c18-17(19,20)9-23-14-5-10(7-24)21-6-12(14)16(22-23)13-8-25-15-4-2-1-3-11(13)15/h1-8,24H,9H2. The zero-order valence-electron chi connectivity index (χ0n) is 12.7. The SMILES string of the molecule is O[CH]c1cc2c(cn1)c(-c1coc3ccccc13)nn2CC(F)(F)F. The molecule has 0 aliphatic rings. The van der Waals surface area contributed by atoms with E-state index in [1.54, 1.807) is 12.1 Å². The van der Waals surface area contributed by atoms with E-state index in [-0.39, 0.29) is 11.2 Å². The van der Waals surface area contributed by atoms with E-state index in [0.717, 1.165) is 16.7 Å². The molecule has 0 atom stereocenters. The van der Waals surface area contributed by atoms with Crippen molar-refractivity contribution in [2.45, 2.75) is 12.7 Å². The quantitative estimate of drug-likeness (QED) is 0.601. The Morgan fingerprint density at radius 3 is 2.76 bits per heavy atom. The Kier molecular flexibility index (Phi) is 3.50. The summed E-state index contributed by atoms with van der Waals surface area (Å²) in [5.74, 6) is 0. The van der Waals surface area contributed by atoms with Gasteiger partial charge in [0.15, 0.2) is 0 Å². The van der Waals surface area contributed by atoms with Crippen LogP contribution < -0.4 is 0 Å². The molecule has 0 fully saturated rings. The van der Waals surface area contributed by atoms with Gasteiger partial charge in [-0.15, -0.1) is 0 Å². The Bertz CT molecular complexity index is 1070. The van der Waals surface area contributed by atoms with Crippen LogP contribution in [0.2, 0.25) is 0 Å². The highest BCUT2D eigenvalue weighted by Gasteiger charge is 2.30. The van der Waals surface area contributed by atoms with E-state index in [9.17, 15) is 13.2 Å². The Hall–Kier alpha value is -2.87. The van der Waals surface area contributed by atoms with Gasteiger partial charge in [-0.2, -0.15) is 18.3 Å². The summed E-state index contributed by atoms with van der Waals surface area (Å²) in [7, 11) is 0. The van der Waals surface area contributed by atoms with Crippen molar-refractivity contribution in [2.24, 2.45) is 0 Å². The number of aliphatic hydroxyl groups excluding tert-OH is 1. The maximum atomic E-state index is 12.9. The molecule has 0 amide bonds. The van der Waals surface area contributed by atoms with Gasteiger partial charge in [0.1, 0.15) is 30.7 Å².